The van der Waals surface area contributed by atoms with Gasteiger partial charge in [0.1, 0.15) is 22.8 Å². The predicted molar refractivity (Wildman–Crippen MR) is 92.3 cm³/mol. The van der Waals surface area contributed by atoms with Gasteiger partial charge in [0.05, 0.1) is 12.6 Å². The molecule has 0 amide bonds. The van der Waals surface area contributed by atoms with Crippen LogP contribution >= 0.6 is 0 Å². The largest absolute Gasteiger partial charge is 0.494 e. The number of rotatable bonds is 3. The molecule has 4 aromatic rings. The van der Waals surface area contributed by atoms with Gasteiger partial charge in [0.2, 0.25) is 0 Å². The first-order valence-corrected chi connectivity index (χ1v) is 7.45. The Kier molecular flexibility index (Phi) is 3.31. The smallest absolute Gasteiger partial charge is 0.146 e. The molecule has 0 fully saturated rings. The maximum Gasteiger partial charge on any atom is 0.146 e. The van der Waals surface area contributed by atoms with Crippen LogP contribution < -0.4 is 9.47 Å². The maximum atomic E-state index is 6.21. The molecule has 0 aliphatic carbocycles. The summed E-state index contributed by atoms with van der Waals surface area (Å²) >= 11 is 0. The van der Waals surface area contributed by atoms with E-state index in [1.165, 1.54) is 0 Å². The van der Waals surface area contributed by atoms with Gasteiger partial charge < -0.3 is 9.47 Å². The van der Waals surface area contributed by atoms with Gasteiger partial charge >= 0.3 is 0 Å². The zero-order chi connectivity index (χ0) is 15.6. The van der Waals surface area contributed by atoms with E-state index in [1.54, 1.807) is 7.11 Å². The summed E-state index contributed by atoms with van der Waals surface area (Å²) in [5.74, 6) is 2.34. The van der Waals surface area contributed by atoms with Crippen LogP contribution in [0.15, 0.2) is 72.8 Å². The normalized spacial score (nSPS) is 10.8. The Balaban J connectivity index is 2.05. The highest BCUT2D eigenvalue weighted by atomic mass is 16.5. The number of methoxy groups -OCH3 is 1. The fourth-order valence-corrected chi connectivity index (χ4v) is 2.73. The molecule has 1 heterocycles. The molecule has 3 aromatic carbocycles. The van der Waals surface area contributed by atoms with Gasteiger partial charge in [-0.25, -0.2) is 4.98 Å². The Labute approximate surface area is 134 Å². The molecule has 1 aromatic heterocycles. The second kappa shape index (κ2) is 5.61. The fourth-order valence-electron chi connectivity index (χ4n) is 2.73. The maximum absolute atomic E-state index is 6.21. The van der Waals surface area contributed by atoms with E-state index in [0.717, 1.165) is 39.1 Å². The second-order valence-corrected chi connectivity index (χ2v) is 5.23. The minimum absolute atomic E-state index is 0.742. The van der Waals surface area contributed by atoms with Gasteiger partial charge in [0.25, 0.3) is 0 Å². The van der Waals surface area contributed by atoms with Gasteiger partial charge in [0.15, 0.2) is 0 Å². The number of fused-ring (bicyclic) bond motifs is 2. The molecule has 0 aliphatic rings. The fraction of sp³-hybridized carbons (Fsp3) is 0.0500. The average molecular weight is 301 g/mol. The van der Waals surface area contributed by atoms with Crippen LogP contribution in [0, 0.1) is 0 Å². The standard InChI is InChI=1S/C20H15NO2/c1-22-18-13-7-11-16-19(18)21-17-12-6-5-10-15(17)20(16)23-14-8-3-2-4-9-14/h2-13H,1H3. The van der Waals surface area contributed by atoms with Crippen molar-refractivity contribution in [2.24, 2.45) is 0 Å². The summed E-state index contributed by atoms with van der Waals surface area (Å²) in [6.07, 6.45) is 0. The van der Waals surface area contributed by atoms with Crippen molar-refractivity contribution in [2.45, 2.75) is 0 Å². The van der Waals surface area contributed by atoms with Gasteiger partial charge in [0, 0.05) is 10.8 Å². The summed E-state index contributed by atoms with van der Waals surface area (Å²) < 4.78 is 11.7. The van der Waals surface area contributed by atoms with E-state index in [2.05, 4.69) is 0 Å². The van der Waals surface area contributed by atoms with Crippen LogP contribution in [-0.2, 0) is 0 Å². The summed E-state index contributed by atoms with van der Waals surface area (Å²) in [5, 5.41) is 1.92. The Bertz CT molecular complexity index is 981. The minimum Gasteiger partial charge on any atom is -0.494 e. The zero-order valence-corrected chi connectivity index (χ0v) is 12.7. The van der Waals surface area contributed by atoms with Crippen molar-refractivity contribution < 1.29 is 9.47 Å². The van der Waals surface area contributed by atoms with Crippen LogP contribution in [0.25, 0.3) is 21.8 Å². The lowest BCUT2D eigenvalue weighted by Gasteiger charge is -2.13. The molecule has 112 valence electrons. The molecule has 4 rings (SSSR count). The molecular formula is C20H15NO2. The number of hydrogen-bond donors (Lipinski definition) is 0. The molecule has 0 spiro atoms. The highest BCUT2D eigenvalue weighted by Gasteiger charge is 2.13. The van der Waals surface area contributed by atoms with Crippen LogP contribution in [0.4, 0.5) is 0 Å². The van der Waals surface area contributed by atoms with Crippen LogP contribution in [0.2, 0.25) is 0 Å². The topological polar surface area (TPSA) is 31.4 Å². The number of hydrogen-bond acceptors (Lipinski definition) is 3. The van der Waals surface area contributed by atoms with Crippen LogP contribution in [0.3, 0.4) is 0 Å². The van der Waals surface area contributed by atoms with Gasteiger partial charge in [-0.1, -0.05) is 36.4 Å². The van der Waals surface area contributed by atoms with Crippen molar-refractivity contribution in [2.75, 3.05) is 7.11 Å². The van der Waals surface area contributed by atoms with Crippen molar-refractivity contribution in [3.05, 3.63) is 72.8 Å². The molecule has 23 heavy (non-hydrogen) atoms. The van der Waals surface area contributed by atoms with Crippen molar-refractivity contribution in [3.8, 4) is 17.2 Å². The van der Waals surface area contributed by atoms with Gasteiger partial charge in [-0.15, -0.1) is 0 Å². The molecule has 0 radical (unpaired) electrons. The molecule has 0 atom stereocenters. The monoisotopic (exact) mass is 301 g/mol. The number of aromatic nitrogens is 1. The first-order valence-electron chi connectivity index (χ1n) is 7.45. The van der Waals surface area contributed by atoms with E-state index >= 15 is 0 Å². The third kappa shape index (κ3) is 2.36. The third-order valence-corrected chi connectivity index (χ3v) is 3.81. The summed E-state index contributed by atoms with van der Waals surface area (Å²) in [6.45, 7) is 0. The number of ether oxygens (including phenoxy) is 2. The highest BCUT2D eigenvalue weighted by Crippen LogP contribution is 2.38. The SMILES string of the molecule is COc1cccc2c(Oc3ccccc3)c3ccccc3nc12. The second-order valence-electron chi connectivity index (χ2n) is 5.23. The quantitative estimate of drug-likeness (QED) is 0.488. The first kappa shape index (κ1) is 13.6. The van der Waals surface area contributed by atoms with Gasteiger partial charge in [-0.2, -0.15) is 0 Å². The third-order valence-electron chi connectivity index (χ3n) is 3.81. The zero-order valence-electron chi connectivity index (χ0n) is 12.7. The molecule has 0 bridgehead atoms. The molecule has 3 nitrogen and oxygen atoms in total. The van der Waals surface area contributed by atoms with E-state index in [-0.39, 0.29) is 0 Å². The highest BCUT2D eigenvalue weighted by molar-refractivity contribution is 6.03. The molecule has 0 saturated carbocycles. The van der Waals surface area contributed by atoms with Crippen molar-refractivity contribution >= 4 is 21.8 Å². The van der Waals surface area contributed by atoms with Gasteiger partial charge in [-0.3, -0.25) is 0 Å². The summed E-state index contributed by atoms with van der Waals surface area (Å²) in [7, 11) is 1.66. The predicted octanol–water partition coefficient (Wildman–Crippen LogP) is 5.19. The molecule has 0 N–H and O–H groups in total. The average Bonchev–Trinajstić information content (AvgIpc) is 2.62. The molecular weight excluding hydrogens is 286 g/mol. The Morgan fingerprint density at radius 1 is 0.739 bits per heavy atom. The number of para-hydroxylation sites is 3. The Morgan fingerprint density at radius 2 is 1.48 bits per heavy atom. The van der Waals surface area contributed by atoms with E-state index < -0.39 is 0 Å². The van der Waals surface area contributed by atoms with Crippen LogP contribution in [-0.4, -0.2) is 12.1 Å². The molecule has 3 heteroatoms. The number of pyridine rings is 1. The van der Waals surface area contributed by atoms with Crippen molar-refractivity contribution in [3.63, 3.8) is 0 Å². The molecule has 0 aliphatic heterocycles. The summed E-state index contributed by atoms with van der Waals surface area (Å²) in [5.41, 5.74) is 1.69. The summed E-state index contributed by atoms with van der Waals surface area (Å²) in [4.78, 5) is 4.75. The van der Waals surface area contributed by atoms with Crippen LogP contribution in [0.5, 0.6) is 17.2 Å². The number of benzene rings is 3. The van der Waals surface area contributed by atoms with E-state index in [4.69, 9.17) is 14.5 Å². The Hall–Kier alpha value is -3.07. The lowest BCUT2D eigenvalue weighted by molar-refractivity contribution is 0.418. The molecule has 0 unspecified atom stereocenters. The lowest BCUT2D eigenvalue weighted by Crippen LogP contribution is -1.93. The van der Waals surface area contributed by atoms with E-state index in [1.807, 2.05) is 72.8 Å². The van der Waals surface area contributed by atoms with Crippen molar-refractivity contribution in [1.82, 2.24) is 4.98 Å². The first-order chi connectivity index (χ1) is 11.4. The van der Waals surface area contributed by atoms with Gasteiger partial charge in [-0.05, 0) is 36.4 Å². The van der Waals surface area contributed by atoms with Crippen molar-refractivity contribution in [1.29, 1.82) is 0 Å². The summed E-state index contributed by atoms with van der Waals surface area (Å²) in [6, 6.07) is 23.6. The van der Waals surface area contributed by atoms with Crippen LogP contribution in [0.1, 0.15) is 0 Å². The van der Waals surface area contributed by atoms with E-state index in [9.17, 15) is 0 Å². The lowest BCUT2D eigenvalue weighted by atomic mass is 10.1. The Morgan fingerprint density at radius 3 is 2.30 bits per heavy atom. The molecule has 0 saturated heterocycles. The number of nitrogens with zero attached hydrogens (tertiary/aromatic N) is 1. The minimum atomic E-state index is 0.742. The van der Waals surface area contributed by atoms with E-state index in [0.29, 0.717) is 0 Å².